The van der Waals surface area contributed by atoms with Gasteiger partial charge in [0.05, 0.1) is 13.7 Å². The SMILES string of the molecule is COc1ccc(N2CCN(CCNCc3cc(-c4ccc(OC(F)(F)F)cc4)no3)CC2)cc1. The van der Waals surface area contributed by atoms with Crippen molar-refractivity contribution in [3.8, 4) is 22.8 Å². The third kappa shape index (κ3) is 6.64. The summed E-state index contributed by atoms with van der Waals surface area (Å²) in [6, 6.07) is 15.5. The zero-order valence-electron chi connectivity index (χ0n) is 18.8. The number of hydrogen-bond acceptors (Lipinski definition) is 7. The maximum absolute atomic E-state index is 12.3. The number of rotatable bonds is 9. The van der Waals surface area contributed by atoms with E-state index in [9.17, 15) is 13.2 Å². The van der Waals surface area contributed by atoms with Crippen LogP contribution in [0.5, 0.6) is 11.5 Å². The first kappa shape index (κ1) is 23.9. The highest BCUT2D eigenvalue weighted by atomic mass is 19.4. The van der Waals surface area contributed by atoms with Gasteiger partial charge in [-0.25, -0.2) is 0 Å². The fourth-order valence-electron chi connectivity index (χ4n) is 3.83. The van der Waals surface area contributed by atoms with Crippen LogP contribution >= 0.6 is 0 Å². The van der Waals surface area contributed by atoms with Crippen LogP contribution in [0.3, 0.4) is 0 Å². The molecule has 2 aromatic carbocycles. The number of methoxy groups -OCH3 is 1. The lowest BCUT2D eigenvalue weighted by atomic mass is 10.1. The Hall–Kier alpha value is -3.24. The van der Waals surface area contributed by atoms with Gasteiger partial charge in [0.1, 0.15) is 17.2 Å². The first-order valence-electron chi connectivity index (χ1n) is 11.0. The molecule has 0 spiro atoms. The van der Waals surface area contributed by atoms with Crippen molar-refractivity contribution in [3.63, 3.8) is 0 Å². The molecule has 34 heavy (non-hydrogen) atoms. The van der Waals surface area contributed by atoms with Gasteiger partial charge in [0.15, 0.2) is 5.76 Å². The van der Waals surface area contributed by atoms with E-state index in [0.717, 1.165) is 45.0 Å². The molecule has 1 aromatic heterocycles. The number of anilines is 1. The predicted octanol–water partition coefficient (Wildman–Crippen LogP) is 4.16. The van der Waals surface area contributed by atoms with Crippen molar-refractivity contribution in [2.75, 3.05) is 51.3 Å². The first-order chi connectivity index (χ1) is 16.4. The number of nitrogens with zero attached hydrogens (tertiary/aromatic N) is 3. The van der Waals surface area contributed by atoms with Crippen LogP contribution in [0, 0.1) is 0 Å². The van der Waals surface area contributed by atoms with E-state index >= 15 is 0 Å². The highest BCUT2D eigenvalue weighted by Crippen LogP contribution is 2.26. The normalized spacial score (nSPS) is 14.9. The molecule has 0 atom stereocenters. The Morgan fingerprint density at radius 3 is 2.29 bits per heavy atom. The zero-order chi connectivity index (χ0) is 24.0. The van der Waals surface area contributed by atoms with Crippen molar-refractivity contribution >= 4 is 5.69 Å². The van der Waals surface area contributed by atoms with Gasteiger partial charge in [0.2, 0.25) is 0 Å². The van der Waals surface area contributed by atoms with Gasteiger partial charge in [-0.15, -0.1) is 13.2 Å². The number of benzene rings is 2. The van der Waals surface area contributed by atoms with Gasteiger partial charge in [-0.2, -0.15) is 0 Å². The molecule has 0 bridgehead atoms. The smallest absolute Gasteiger partial charge is 0.497 e. The largest absolute Gasteiger partial charge is 0.573 e. The third-order valence-corrected chi connectivity index (χ3v) is 5.66. The second kappa shape index (κ2) is 10.8. The summed E-state index contributed by atoms with van der Waals surface area (Å²) in [7, 11) is 1.67. The number of piperazine rings is 1. The Morgan fingerprint density at radius 2 is 1.65 bits per heavy atom. The predicted molar refractivity (Wildman–Crippen MR) is 122 cm³/mol. The molecule has 2 heterocycles. The number of nitrogens with one attached hydrogen (secondary N) is 1. The molecule has 0 aliphatic carbocycles. The second-order valence-electron chi connectivity index (χ2n) is 7.95. The van der Waals surface area contributed by atoms with E-state index in [1.54, 1.807) is 13.2 Å². The van der Waals surface area contributed by atoms with E-state index in [4.69, 9.17) is 9.26 Å². The zero-order valence-corrected chi connectivity index (χ0v) is 18.8. The molecule has 4 rings (SSSR count). The van der Waals surface area contributed by atoms with Crippen molar-refractivity contribution in [3.05, 3.63) is 60.4 Å². The van der Waals surface area contributed by atoms with Crippen molar-refractivity contribution in [2.45, 2.75) is 12.9 Å². The molecule has 1 aliphatic rings. The van der Waals surface area contributed by atoms with Crippen LogP contribution in [-0.4, -0.2) is 62.8 Å². The van der Waals surface area contributed by atoms with E-state index < -0.39 is 6.36 Å². The van der Waals surface area contributed by atoms with Gasteiger partial charge in [-0.05, 0) is 48.5 Å². The fourth-order valence-corrected chi connectivity index (χ4v) is 3.83. The topological polar surface area (TPSA) is 63.0 Å². The molecular formula is C24H27F3N4O3. The van der Waals surface area contributed by atoms with Crippen molar-refractivity contribution in [1.82, 2.24) is 15.4 Å². The molecule has 1 saturated heterocycles. The third-order valence-electron chi connectivity index (χ3n) is 5.66. The summed E-state index contributed by atoms with van der Waals surface area (Å²) in [6.07, 6.45) is -4.71. The van der Waals surface area contributed by atoms with E-state index in [2.05, 4.69) is 37.1 Å². The molecule has 0 radical (unpaired) electrons. The minimum Gasteiger partial charge on any atom is -0.497 e. The molecule has 1 N–H and O–H groups in total. The quantitative estimate of drug-likeness (QED) is 0.466. The lowest BCUT2D eigenvalue weighted by molar-refractivity contribution is -0.274. The molecule has 1 aliphatic heterocycles. The average molecular weight is 476 g/mol. The van der Waals surface area contributed by atoms with Gasteiger partial charge in [-0.3, -0.25) is 4.90 Å². The Labute approximate surface area is 196 Å². The molecule has 0 unspecified atom stereocenters. The van der Waals surface area contributed by atoms with Gasteiger partial charge >= 0.3 is 6.36 Å². The van der Waals surface area contributed by atoms with Crippen LogP contribution in [-0.2, 0) is 6.54 Å². The summed E-state index contributed by atoms with van der Waals surface area (Å²) in [5, 5.41) is 7.36. The molecular weight excluding hydrogens is 449 g/mol. The van der Waals surface area contributed by atoms with Gasteiger partial charge < -0.3 is 24.2 Å². The summed E-state index contributed by atoms with van der Waals surface area (Å²) in [6.45, 7) is 6.20. The number of aromatic nitrogens is 1. The first-order valence-corrected chi connectivity index (χ1v) is 11.0. The number of ether oxygens (including phenoxy) is 2. The van der Waals surface area contributed by atoms with Crippen LogP contribution < -0.4 is 19.7 Å². The summed E-state index contributed by atoms with van der Waals surface area (Å²) >= 11 is 0. The molecule has 0 saturated carbocycles. The van der Waals surface area contributed by atoms with Crippen molar-refractivity contribution in [2.24, 2.45) is 0 Å². The van der Waals surface area contributed by atoms with Gasteiger partial charge in [0.25, 0.3) is 0 Å². The standard InChI is InChI=1S/C24H27F3N4O3/c1-32-20-8-4-19(5-9-20)31-14-12-30(13-15-31)11-10-28-17-22-16-23(29-34-22)18-2-6-21(7-3-18)33-24(25,26)27/h2-9,16,28H,10-15,17H2,1H3. The highest BCUT2D eigenvalue weighted by molar-refractivity contribution is 5.59. The second-order valence-corrected chi connectivity index (χ2v) is 7.95. The number of halogens is 3. The van der Waals surface area contributed by atoms with Crippen LogP contribution in [0.15, 0.2) is 59.1 Å². The maximum atomic E-state index is 12.3. The number of hydrogen-bond donors (Lipinski definition) is 1. The Balaban J connectivity index is 1.17. The monoisotopic (exact) mass is 476 g/mol. The summed E-state index contributed by atoms with van der Waals surface area (Å²) in [5.41, 5.74) is 2.42. The van der Waals surface area contributed by atoms with Crippen LogP contribution in [0.1, 0.15) is 5.76 Å². The molecule has 3 aromatic rings. The van der Waals surface area contributed by atoms with Crippen molar-refractivity contribution < 1.29 is 27.2 Å². The van der Waals surface area contributed by atoms with E-state index in [0.29, 0.717) is 23.6 Å². The van der Waals surface area contributed by atoms with Gasteiger partial charge in [-0.1, -0.05) is 5.16 Å². The van der Waals surface area contributed by atoms with E-state index in [1.807, 2.05) is 12.1 Å². The van der Waals surface area contributed by atoms with E-state index in [1.165, 1.54) is 30.0 Å². The summed E-state index contributed by atoms with van der Waals surface area (Å²) < 4.78 is 51.3. The fraction of sp³-hybridized carbons (Fsp3) is 0.375. The van der Waals surface area contributed by atoms with Crippen molar-refractivity contribution in [1.29, 1.82) is 0 Å². The van der Waals surface area contributed by atoms with Crippen LogP contribution in [0.2, 0.25) is 0 Å². The van der Waals surface area contributed by atoms with Crippen LogP contribution in [0.25, 0.3) is 11.3 Å². The Kier molecular flexibility index (Phi) is 7.59. The Morgan fingerprint density at radius 1 is 0.971 bits per heavy atom. The Bertz CT molecular complexity index is 1030. The lowest BCUT2D eigenvalue weighted by Crippen LogP contribution is -2.48. The molecule has 0 amide bonds. The lowest BCUT2D eigenvalue weighted by Gasteiger charge is -2.36. The minimum absolute atomic E-state index is 0.272. The summed E-state index contributed by atoms with van der Waals surface area (Å²) in [4.78, 5) is 4.80. The molecule has 7 nitrogen and oxygen atoms in total. The molecule has 10 heteroatoms. The average Bonchev–Trinajstić information content (AvgIpc) is 3.31. The molecule has 182 valence electrons. The summed E-state index contributed by atoms with van der Waals surface area (Å²) in [5.74, 6) is 1.25. The highest BCUT2D eigenvalue weighted by Gasteiger charge is 2.31. The van der Waals surface area contributed by atoms with E-state index in [-0.39, 0.29) is 5.75 Å². The minimum atomic E-state index is -4.71. The molecule has 1 fully saturated rings. The maximum Gasteiger partial charge on any atom is 0.573 e. The number of alkyl halides is 3. The van der Waals surface area contributed by atoms with Gasteiger partial charge in [0, 0.05) is 56.6 Å². The van der Waals surface area contributed by atoms with Crippen LogP contribution in [0.4, 0.5) is 18.9 Å².